The third-order valence-corrected chi connectivity index (χ3v) is 1.66. The topological polar surface area (TPSA) is 66.0 Å². The Bertz CT molecular complexity index is 306. The first kappa shape index (κ1) is 9.06. The number of rotatable bonds is 2. The molecule has 0 unspecified atom stereocenters. The summed E-state index contributed by atoms with van der Waals surface area (Å²) >= 11 is 5.52. The van der Waals surface area contributed by atoms with E-state index in [1.54, 1.807) is 0 Å². The minimum Gasteiger partial charge on any atom is -0.476 e. The number of hydrogen-bond donors (Lipinski definition) is 2. The molecular weight excluding hydrogens is 180 g/mol. The minimum absolute atomic E-state index is 0.00926. The molecule has 0 aliphatic rings. The fraction of sp³-hybridized carbons (Fsp3) is 0.429. The van der Waals surface area contributed by atoms with E-state index in [-0.39, 0.29) is 16.9 Å². The maximum Gasteiger partial charge on any atom is 0.356 e. The number of aromatic amines is 1. The summed E-state index contributed by atoms with van der Waals surface area (Å²) in [4.78, 5) is 16.9. The smallest absolute Gasteiger partial charge is 0.356 e. The van der Waals surface area contributed by atoms with Crippen LogP contribution in [0.3, 0.4) is 0 Å². The molecular formula is C7H9ClN2O2. The van der Waals surface area contributed by atoms with Gasteiger partial charge < -0.3 is 10.1 Å². The van der Waals surface area contributed by atoms with Crippen LogP contribution in [0.15, 0.2) is 0 Å². The Morgan fingerprint density at radius 3 is 2.58 bits per heavy atom. The molecule has 0 amide bonds. The highest BCUT2D eigenvalue weighted by atomic mass is 35.5. The first-order chi connectivity index (χ1) is 5.52. The molecule has 4 nitrogen and oxygen atoms in total. The fourth-order valence-corrected chi connectivity index (χ4v) is 1.12. The number of H-pyrrole nitrogens is 1. The molecule has 0 atom stereocenters. The Kier molecular flexibility index (Phi) is 2.38. The van der Waals surface area contributed by atoms with Gasteiger partial charge in [-0.15, -0.1) is 0 Å². The van der Waals surface area contributed by atoms with Crippen molar-refractivity contribution in [2.75, 3.05) is 0 Å². The number of carboxylic acids is 1. The van der Waals surface area contributed by atoms with Crippen molar-refractivity contribution in [1.82, 2.24) is 9.97 Å². The molecule has 1 aromatic rings. The molecule has 0 bridgehead atoms. The summed E-state index contributed by atoms with van der Waals surface area (Å²) < 4.78 is 0. The maximum absolute atomic E-state index is 10.6. The Balaban J connectivity index is 3.17. The Labute approximate surface area is 74.6 Å². The van der Waals surface area contributed by atoms with Gasteiger partial charge in [0, 0.05) is 0 Å². The van der Waals surface area contributed by atoms with Crippen LogP contribution in [0.4, 0.5) is 0 Å². The lowest BCUT2D eigenvalue weighted by Gasteiger charge is -2.00. The van der Waals surface area contributed by atoms with Crippen LogP contribution in [0.5, 0.6) is 0 Å². The van der Waals surface area contributed by atoms with Gasteiger partial charge >= 0.3 is 5.97 Å². The van der Waals surface area contributed by atoms with Crippen molar-refractivity contribution < 1.29 is 9.90 Å². The molecule has 0 aromatic carbocycles. The zero-order chi connectivity index (χ0) is 9.30. The second-order valence-electron chi connectivity index (χ2n) is 2.75. The lowest BCUT2D eigenvalue weighted by Crippen LogP contribution is -2.02. The number of nitrogens with zero attached hydrogens (tertiary/aromatic N) is 1. The van der Waals surface area contributed by atoms with E-state index in [9.17, 15) is 4.79 Å². The van der Waals surface area contributed by atoms with E-state index in [0.717, 1.165) is 0 Å². The Hall–Kier alpha value is -1.03. The number of nitrogens with one attached hydrogen (secondary N) is 1. The first-order valence-corrected chi connectivity index (χ1v) is 3.89. The van der Waals surface area contributed by atoms with Crippen LogP contribution in [-0.4, -0.2) is 21.0 Å². The van der Waals surface area contributed by atoms with Gasteiger partial charge in [0.1, 0.15) is 0 Å². The molecule has 2 N–H and O–H groups in total. The molecule has 0 spiro atoms. The van der Waals surface area contributed by atoms with Crippen LogP contribution in [-0.2, 0) is 0 Å². The summed E-state index contributed by atoms with van der Waals surface area (Å²) in [6.07, 6.45) is 0. The van der Waals surface area contributed by atoms with Gasteiger partial charge in [-0.1, -0.05) is 13.8 Å². The monoisotopic (exact) mass is 188 g/mol. The van der Waals surface area contributed by atoms with Crippen LogP contribution in [0, 0.1) is 0 Å². The third-order valence-electron chi connectivity index (χ3n) is 1.48. The van der Waals surface area contributed by atoms with Crippen molar-refractivity contribution in [3.05, 3.63) is 16.7 Å². The lowest BCUT2D eigenvalue weighted by atomic mass is 10.1. The van der Waals surface area contributed by atoms with Gasteiger partial charge in [-0.2, -0.15) is 0 Å². The number of carbonyl (C=O) groups is 1. The number of aromatic nitrogens is 2. The fourth-order valence-electron chi connectivity index (χ4n) is 0.937. The van der Waals surface area contributed by atoms with Crippen molar-refractivity contribution in [3.63, 3.8) is 0 Å². The molecule has 0 radical (unpaired) electrons. The largest absolute Gasteiger partial charge is 0.476 e. The van der Waals surface area contributed by atoms with Crippen LogP contribution in [0.2, 0.25) is 5.28 Å². The van der Waals surface area contributed by atoms with Gasteiger partial charge in [0.05, 0.1) is 5.69 Å². The molecule has 1 aromatic heterocycles. The van der Waals surface area contributed by atoms with E-state index >= 15 is 0 Å². The van der Waals surface area contributed by atoms with E-state index in [1.165, 1.54) is 0 Å². The highest BCUT2D eigenvalue weighted by Crippen LogP contribution is 2.18. The minimum atomic E-state index is -1.05. The molecule has 1 rings (SSSR count). The number of imidazole rings is 1. The van der Waals surface area contributed by atoms with E-state index in [1.807, 2.05) is 13.8 Å². The molecule has 0 saturated carbocycles. The standard InChI is InChI=1S/C7H9ClN2O2/c1-3(2)4-5(6(11)12)10-7(8)9-4/h3H,1-2H3,(H,9,10)(H,11,12). The maximum atomic E-state index is 10.6. The number of hydrogen-bond acceptors (Lipinski definition) is 2. The molecule has 1 heterocycles. The van der Waals surface area contributed by atoms with E-state index in [2.05, 4.69) is 9.97 Å². The zero-order valence-electron chi connectivity index (χ0n) is 6.76. The summed E-state index contributed by atoms with van der Waals surface area (Å²) in [5.41, 5.74) is 0.572. The summed E-state index contributed by atoms with van der Waals surface area (Å²) in [5, 5.41) is 8.81. The molecule has 0 aliphatic heterocycles. The third kappa shape index (κ3) is 1.58. The number of halogens is 1. The normalized spacial score (nSPS) is 10.7. The summed E-state index contributed by atoms with van der Waals surface area (Å²) in [5.74, 6) is -0.974. The van der Waals surface area contributed by atoms with E-state index in [0.29, 0.717) is 5.69 Å². The van der Waals surface area contributed by atoms with Crippen molar-refractivity contribution in [2.45, 2.75) is 19.8 Å². The molecule has 66 valence electrons. The summed E-state index contributed by atoms with van der Waals surface area (Å²) in [6, 6.07) is 0. The Morgan fingerprint density at radius 1 is 1.67 bits per heavy atom. The number of aromatic carboxylic acids is 1. The first-order valence-electron chi connectivity index (χ1n) is 3.51. The van der Waals surface area contributed by atoms with Crippen LogP contribution in [0.1, 0.15) is 35.9 Å². The summed E-state index contributed by atoms with van der Waals surface area (Å²) in [7, 11) is 0. The average Bonchev–Trinajstić information content (AvgIpc) is 2.31. The summed E-state index contributed by atoms with van der Waals surface area (Å²) in [6.45, 7) is 3.74. The highest BCUT2D eigenvalue weighted by Gasteiger charge is 2.17. The van der Waals surface area contributed by atoms with Gasteiger partial charge in [0.2, 0.25) is 5.28 Å². The van der Waals surface area contributed by atoms with Crippen molar-refractivity contribution in [2.24, 2.45) is 0 Å². The SMILES string of the molecule is CC(C)c1[nH]c(Cl)nc1C(=O)O. The molecule has 0 fully saturated rings. The van der Waals surface area contributed by atoms with Crippen molar-refractivity contribution >= 4 is 17.6 Å². The predicted octanol–water partition coefficient (Wildman–Crippen LogP) is 1.88. The molecule has 0 saturated heterocycles. The van der Waals surface area contributed by atoms with Crippen LogP contribution in [0.25, 0.3) is 0 Å². The predicted molar refractivity (Wildman–Crippen MR) is 44.6 cm³/mol. The van der Waals surface area contributed by atoms with Crippen molar-refractivity contribution in [3.8, 4) is 0 Å². The molecule has 0 aliphatic carbocycles. The van der Waals surface area contributed by atoms with Crippen LogP contribution >= 0.6 is 11.6 Å². The quantitative estimate of drug-likeness (QED) is 0.745. The second-order valence-corrected chi connectivity index (χ2v) is 3.11. The van der Waals surface area contributed by atoms with Crippen LogP contribution < -0.4 is 0 Å². The zero-order valence-corrected chi connectivity index (χ0v) is 7.51. The lowest BCUT2D eigenvalue weighted by molar-refractivity contribution is 0.0689. The van der Waals surface area contributed by atoms with Crippen molar-refractivity contribution in [1.29, 1.82) is 0 Å². The van der Waals surface area contributed by atoms with E-state index < -0.39 is 5.97 Å². The number of carboxylic acid groups (broad SMARTS) is 1. The highest BCUT2D eigenvalue weighted by molar-refractivity contribution is 6.28. The van der Waals surface area contributed by atoms with Gasteiger partial charge in [-0.3, -0.25) is 0 Å². The van der Waals surface area contributed by atoms with Gasteiger partial charge in [0.15, 0.2) is 5.69 Å². The van der Waals surface area contributed by atoms with Gasteiger partial charge in [-0.05, 0) is 17.5 Å². The molecule has 12 heavy (non-hydrogen) atoms. The van der Waals surface area contributed by atoms with E-state index in [4.69, 9.17) is 16.7 Å². The van der Waals surface area contributed by atoms with Gasteiger partial charge in [0.25, 0.3) is 0 Å². The Morgan fingerprint density at radius 2 is 2.25 bits per heavy atom. The van der Waals surface area contributed by atoms with Gasteiger partial charge in [-0.25, -0.2) is 9.78 Å². The molecule has 5 heteroatoms. The second kappa shape index (κ2) is 3.15. The average molecular weight is 189 g/mol.